The molecule has 0 aliphatic heterocycles. The van der Waals surface area contributed by atoms with Crippen LogP contribution in [0.25, 0.3) is 0 Å². The first-order valence-corrected chi connectivity index (χ1v) is 7.62. The molecule has 0 aromatic rings. The summed E-state index contributed by atoms with van der Waals surface area (Å²) in [4.78, 5) is 0. The fourth-order valence-corrected chi connectivity index (χ4v) is 2.53. The smallest absolute Gasteiger partial charge is 0.211 e. The minimum Gasteiger partial charge on any atom is -0.215 e. The SMILES string of the molecule is CCCCCCS(=O)(=O)NCCCCC#N. The fraction of sp³-hybridized carbons (Fsp3) is 0.909. The van der Waals surface area contributed by atoms with Crippen LogP contribution >= 0.6 is 0 Å². The average Bonchev–Trinajstić information content (AvgIpc) is 2.24. The van der Waals surface area contributed by atoms with Gasteiger partial charge >= 0.3 is 0 Å². The molecule has 5 heteroatoms. The van der Waals surface area contributed by atoms with Crippen molar-refractivity contribution in [3.8, 4) is 6.07 Å². The average molecular weight is 246 g/mol. The Hall–Kier alpha value is -0.600. The van der Waals surface area contributed by atoms with E-state index in [-0.39, 0.29) is 5.75 Å². The summed E-state index contributed by atoms with van der Waals surface area (Å²) in [5, 5.41) is 8.30. The first-order valence-electron chi connectivity index (χ1n) is 5.96. The molecular weight excluding hydrogens is 224 g/mol. The van der Waals surface area contributed by atoms with Crippen LogP contribution in [-0.4, -0.2) is 20.7 Å². The van der Waals surface area contributed by atoms with Gasteiger partial charge in [0.25, 0.3) is 0 Å². The predicted octanol–water partition coefficient (Wildman–Crippen LogP) is 2.18. The summed E-state index contributed by atoms with van der Waals surface area (Å²) >= 11 is 0. The molecule has 4 nitrogen and oxygen atoms in total. The standard InChI is InChI=1S/C11H22N2O2S/c1-2-3-4-8-11-16(14,15)13-10-7-5-6-9-12/h13H,2-8,10-11H2,1H3. The van der Waals surface area contributed by atoms with Crippen molar-refractivity contribution in [2.24, 2.45) is 0 Å². The van der Waals surface area contributed by atoms with Gasteiger partial charge in [-0.15, -0.1) is 0 Å². The van der Waals surface area contributed by atoms with Gasteiger partial charge in [0.1, 0.15) is 0 Å². The molecule has 0 saturated heterocycles. The number of hydrogen-bond donors (Lipinski definition) is 1. The lowest BCUT2D eigenvalue weighted by Crippen LogP contribution is -2.27. The second-order valence-corrected chi connectivity index (χ2v) is 5.82. The van der Waals surface area contributed by atoms with Crippen LogP contribution in [0.2, 0.25) is 0 Å². The maximum Gasteiger partial charge on any atom is 0.211 e. The molecule has 0 aromatic heterocycles. The van der Waals surface area contributed by atoms with E-state index in [0.29, 0.717) is 13.0 Å². The maximum atomic E-state index is 11.5. The third kappa shape index (κ3) is 9.94. The van der Waals surface area contributed by atoms with Crippen LogP contribution in [0.1, 0.15) is 51.9 Å². The van der Waals surface area contributed by atoms with E-state index in [1.54, 1.807) is 0 Å². The first-order chi connectivity index (χ1) is 7.62. The number of sulfonamides is 1. The molecule has 0 radical (unpaired) electrons. The van der Waals surface area contributed by atoms with E-state index in [2.05, 4.69) is 11.6 Å². The van der Waals surface area contributed by atoms with Gasteiger partial charge in [-0.2, -0.15) is 5.26 Å². The molecule has 0 aromatic carbocycles. The maximum absolute atomic E-state index is 11.5. The van der Waals surface area contributed by atoms with E-state index in [1.807, 2.05) is 6.07 Å². The molecule has 0 atom stereocenters. The minimum atomic E-state index is -3.08. The number of unbranched alkanes of at least 4 members (excludes halogenated alkanes) is 5. The zero-order valence-corrected chi connectivity index (χ0v) is 10.9. The van der Waals surface area contributed by atoms with Crippen molar-refractivity contribution in [1.82, 2.24) is 4.72 Å². The quantitative estimate of drug-likeness (QED) is 0.601. The third-order valence-electron chi connectivity index (χ3n) is 2.30. The second kappa shape index (κ2) is 9.61. The number of nitrogens with one attached hydrogen (secondary N) is 1. The summed E-state index contributed by atoms with van der Waals surface area (Å²) in [6.07, 6.45) is 5.92. The van der Waals surface area contributed by atoms with Gasteiger partial charge < -0.3 is 0 Å². The summed E-state index contributed by atoms with van der Waals surface area (Å²) in [5.41, 5.74) is 0. The normalized spacial score (nSPS) is 11.2. The molecule has 0 unspecified atom stereocenters. The van der Waals surface area contributed by atoms with Crippen molar-refractivity contribution in [3.05, 3.63) is 0 Å². The fourth-order valence-electron chi connectivity index (χ4n) is 1.35. The number of rotatable bonds is 10. The van der Waals surface area contributed by atoms with Crippen LogP contribution in [0.3, 0.4) is 0 Å². The largest absolute Gasteiger partial charge is 0.215 e. The Bertz CT molecular complexity index is 294. The Morgan fingerprint density at radius 2 is 1.88 bits per heavy atom. The van der Waals surface area contributed by atoms with Gasteiger partial charge in [0.2, 0.25) is 10.0 Å². The predicted molar refractivity (Wildman–Crippen MR) is 65.4 cm³/mol. The monoisotopic (exact) mass is 246 g/mol. The van der Waals surface area contributed by atoms with Gasteiger partial charge in [0.05, 0.1) is 11.8 Å². The Morgan fingerprint density at radius 1 is 1.12 bits per heavy atom. The molecule has 0 bridgehead atoms. The summed E-state index contributed by atoms with van der Waals surface area (Å²) in [6, 6.07) is 2.04. The molecule has 0 amide bonds. The third-order valence-corrected chi connectivity index (χ3v) is 3.77. The molecular formula is C11H22N2O2S. The van der Waals surface area contributed by atoms with Crippen LogP contribution in [0.5, 0.6) is 0 Å². The summed E-state index contributed by atoms with van der Waals surface area (Å²) < 4.78 is 25.5. The second-order valence-electron chi connectivity index (χ2n) is 3.89. The van der Waals surface area contributed by atoms with Crippen molar-refractivity contribution in [3.63, 3.8) is 0 Å². The number of nitriles is 1. The molecule has 0 fully saturated rings. The van der Waals surface area contributed by atoms with Gasteiger partial charge in [-0.3, -0.25) is 0 Å². The highest BCUT2D eigenvalue weighted by molar-refractivity contribution is 7.89. The zero-order chi connectivity index (χ0) is 12.3. The Kier molecular flexibility index (Phi) is 9.25. The van der Waals surface area contributed by atoms with Crippen LogP contribution in [0.15, 0.2) is 0 Å². The first kappa shape index (κ1) is 15.4. The molecule has 0 spiro atoms. The molecule has 0 rings (SSSR count). The Balaban J connectivity index is 3.52. The topological polar surface area (TPSA) is 70.0 Å². The lowest BCUT2D eigenvalue weighted by Gasteiger charge is -2.05. The molecule has 0 saturated carbocycles. The van der Waals surface area contributed by atoms with E-state index >= 15 is 0 Å². The van der Waals surface area contributed by atoms with Gasteiger partial charge in [0.15, 0.2) is 0 Å². The van der Waals surface area contributed by atoms with E-state index in [1.165, 1.54) is 0 Å². The van der Waals surface area contributed by atoms with Crippen molar-refractivity contribution in [2.75, 3.05) is 12.3 Å². The minimum absolute atomic E-state index is 0.227. The Morgan fingerprint density at radius 3 is 2.50 bits per heavy atom. The zero-order valence-electron chi connectivity index (χ0n) is 10.0. The summed E-state index contributed by atoms with van der Waals surface area (Å²) in [7, 11) is -3.08. The van der Waals surface area contributed by atoms with Crippen LogP contribution in [0.4, 0.5) is 0 Å². The van der Waals surface area contributed by atoms with Crippen LogP contribution in [0, 0.1) is 11.3 Å². The highest BCUT2D eigenvalue weighted by atomic mass is 32.2. The lowest BCUT2D eigenvalue weighted by molar-refractivity contribution is 0.571. The highest BCUT2D eigenvalue weighted by Gasteiger charge is 2.08. The van der Waals surface area contributed by atoms with Crippen LogP contribution in [-0.2, 0) is 10.0 Å². The molecule has 0 heterocycles. The van der Waals surface area contributed by atoms with Gasteiger partial charge in [0, 0.05) is 13.0 Å². The number of nitrogens with zero attached hydrogens (tertiary/aromatic N) is 1. The van der Waals surface area contributed by atoms with Gasteiger partial charge in [-0.1, -0.05) is 26.2 Å². The van der Waals surface area contributed by atoms with Crippen molar-refractivity contribution < 1.29 is 8.42 Å². The summed E-state index contributed by atoms with van der Waals surface area (Å²) in [6.45, 7) is 2.56. The molecule has 0 aliphatic rings. The molecule has 94 valence electrons. The van der Waals surface area contributed by atoms with Crippen LogP contribution < -0.4 is 4.72 Å². The van der Waals surface area contributed by atoms with Crippen molar-refractivity contribution in [1.29, 1.82) is 5.26 Å². The molecule has 1 N–H and O–H groups in total. The molecule has 0 aliphatic carbocycles. The van der Waals surface area contributed by atoms with Crippen molar-refractivity contribution in [2.45, 2.75) is 51.9 Å². The van der Waals surface area contributed by atoms with E-state index in [0.717, 1.165) is 38.5 Å². The Labute approximate surface area is 99.1 Å². The molecule has 16 heavy (non-hydrogen) atoms. The highest BCUT2D eigenvalue weighted by Crippen LogP contribution is 2.01. The van der Waals surface area contributed by atoms with E-state index in [4.69, 9.17) is 5.26 Å². The van der Waals surface area contributed by atoms with Gasteiger partial charge in [-0.05, 0) is 19.3 Å². The lowest BCUT2D eigenvalue weighted by atomic mass is 10.2. The van der Waals surface area contributed by atoms with Crippen molar-refractivity contribution >= 4 is 10.0 Å². The number of hydrogen-bond acceptors (Lipinski definition) is 3. The van der Waals surface area contributed by atoms with Gasteiger partial charge in [-0.25, -0.2) is 13.1 Å². The van der Waals surface area contributed by atoms with E-state index in [9.17, 15) is 8.42 Å². The van der Waals surface area contributed by atoms with E-state index < -0.39 is 10.0 Å². The summed E-state index contributed by atoms with van der Waals surface area (Å²) in [5.74, 6) is 0.227.